The fraction of sp³-hybridized carbons (Fsp3) is 0.667. The number of hydrogen-bond acceptors (Lipinski definition) is 14. The van der Waals surface area contributed by atoms with Crippen LogP contribution in [0.3, 0.4) is 0 Å². The summed E-state index contributed by atoms with van der Waals surface area (Å²) in [5.41, 5.74) is 2.65. The second-order valence-electron chi connectivity index (χ2n) is 10.9. The predicted octanol–water partition coefficient (Wildman–Crippen LogP) is -1.74. The third-order valence-corrected chi connectivity index (χ3v) is 10.9. The average molecular weight is 676 g/mol. The number of aliphatic hydroxyl groups is 1. The monoisotopic (exact) mass is 675 g/mol. The first-order valence-electron chi connectivity index (χ1n) is 14.5. The summed E-state index contributed by atoms with van der Waals surface area (Å²) in [7, 11) is -3.92. The predicted molar refractivity (Wildman–Crippen MR) is 160 cm³/mol. The Bertz CT molecular complexity index is 1460. The number of nitrogens with zero attached hydrogens (tertiary/aromatic N) is 4. The quantitative estimate of drug-likeness (QED) is 0.169. The molecule has 0 bridgehead atoms. The van der Waals surface area contributed by atoms with E-state index in [1.165, 1.54) is 14.2 Å². The van der Waals surface area contributed by atoms with E-state index in [1.807, 2.05) is 30.5 Å². The van der Waals surface area contributed by atoms with Crippen molar-refractivity contribution < 1.29 is 50.8 Å². The fourth-order valence-corrected chi connectivity index (χ4v) is 7.39. The second kappa shape index (κ2) is 15.8. The van der Waals surface area contributed by atoms with Gasteiger partial charge in [-0.1, -0.05) is 17.3 Å². The van der Waals surface area contributed by atoms with Crippen LogP contribution in [0.5, 0.6) is 0 Å². The standard InChI is InChI=1S/C27H41N5O11S2/c1-40-23-22(33)24(27(41-2)43-25(23)26(34)35)42-12-16-44(36,37)13-9-28-8-7-19-3-5-21(6-4-19)32-18-20(29-30-32)17-31-10-14-45(38,39)15-11-31/h3-6,18,22-25,27-28,33H,7-17H2,1-2H3,(H,34,35). The molecule has 3 N–H and O–H groups in total. The molecule has 2 saturated heterocycles. The zero-order valence-corrected chi connectivity index (χ0v) is 26.9. The molecule has 2 aliphatic rings. The first-order valence-corrected chi connectivity index (χ1v) is 18.1. The van der Waals surface area contributed by atoms with Gasteiger partial charge in [-0.2, -0.15) is 0 Å². The minimum atomic E-state index is -3.48. The normalized spacial score (nSPS) is 25.7. The van der Waals surface area contributed by atoms with Crippen LogP contribution in [-0.2, 0) is 56.4 Å². The maximum Gasteiger partial charge on any atom is 0.335 e. The van der Waals surface area contributed by atoms with Gasteiger partial charge in [0.25, 0.3) is 0 Å². The number of aromatic nitrogens is 3. The minimum Gasteiger partial charge on any atom is -0.479 e. The van der Waals surface area contributed by atoms with E-state index in [1.54, 1.807) is 4.68 Å². The number of aliphatic hydroxyl groups excluding tert-OH is 1. The number of carboxylic acids is 1. The van der Waals surface area contributed by atoms with Gasteiger partial charge in [-0.25, -0.2) is 26.3 Å². The molecule has 2 aromatic rings. The lowest BCUT2D eigenvalue weighted by Crippen LogP contribution is -2.61. The van der Waals surface area contributed by atoms with Gasteiger partial charge >= 0.3 is 5.97 Å². The van der Waals surface area contributed by atoms with Crippen molar-refractivity contribution in [3.63, 3.8) is 0 Å². The van der Waals surface area contributed by atoms with Crippen LogP contribution in [0.25, 0.3) is 5.69 Å². The largest absolute Gasteiger partial charge is 0.479 e. The molecule has 4 rings (SSSR count). The Morgan fingerprint density at radius 2 is 1.80 bits per heavy atom. The van der Waals surface area contributed by atoms with Crippen LogP contribution in [-0.4, -0.2) is 154 Å². The lowest BCUT2D eigenvalue weighted by molar-refractivity contribution is -0.299. The lowest BCUT2D eigenvalue weighted by atomic mass is 9.98. The summed E-state index contributed by atoms with van der Waals surface area (Å²) in [5, 5.41) is 31.4. The maximum absolute atomic E-state index is 12.5. The van der Waals surface area contributed by atoms with E-state index in [-0.39, 0.29) is 36.2 Å². The highest BCUT2D eigenvalue weighted by Gasteiger charge is 2.49. The van der Waals surface area contributed by atoms with Crippen LogP contribution < -0.4 is 5.32 Å². The topological polar surface area (TPSA) is 209 Å². The van der Waals surface area contributed by atoms with Gasteiger partial charge in [0, 0.05) is 40.4 Å². The highest BCUT2D eigenvalue weighted by molar-refractivity contribution is 7.91. The number of aliphatic carboxylic acids is 1. The fourth-order valence-electron chi connectivity index (χ4n) is 5.10. The minimum absolute atomic E-state index is 0.115. The van der Waals surface area contributed by atoms with Crippen LogP contribution in [0.4, 0.5) is 0 Å². The number of carboxylic acid groups (broad SMARTS) is 1. The Labute approximate surface area is 262 Å². The molecule has 0 amide bonds. The van der Waals surface area contributed by atoms with Crippen molar-refractivity contribution in [3.05, 3.63) is 41.7 Å². The maximum atomic E-state index is 12.5. The molecule has 0 saturated carbocycles. The zero-order chi connectivity index (χ0) is 32.6. The SMILES string of the molecule is COC1OC(C(=O)O)C(OC)C(O)C1OCCS(=O)(=O)CCNCCc1ccc(-n2cc(CN3CCS(=O)(=O)CC3)nn2)cc1. The zero-order valence-electron chi connectivity index (χ0n) is 25.2. The van der Waals surface area contributed by atoms with Crippen LogP contribution >= 0.6 is 0 Å². The van der Waals surface area contributed by atoms with Crippen LogP contribution in [0, 0.1) is 0 Å². The van der Waals surface area contributed by atoms with E-state index in [0.29, 0.717) is 32.6 Å². The summed E-state index contributed by atoms with van der Waals surface area (Å²) in [4.78, 5) is 13.5. The summed E-state index contributed by atoms with van der Waals surface area (Å²) in [6.07, 6.45) is -3.93. The van der Waals surface area contributed by atoms with Crippen molar-refractivity contribution in [3.8, 4) is 5.69 Å². The van der Waals surface area contributed by atoms with Gasteiger partial charge in [-0.05, 0) is 30.7 Å². The number of nitrogens with one attached hydrogen (secondary N) is 1. The molecule has 0 aliphatic carbocycles. The molecule has 0 spiro atoms. The number of hydrogen-bond donors (Lipinski definition) is 3. The van der Waals surface area contributed by atoms with E-state index in [9.17, 15) is 31.8 Å². The van der Waals surface area contributed by atoms with Crippen molar-refractivity contribution >= 4 is 25.6 Å². The second-order valence-corrected chi connectivity index (χ2v) is 15.5. The lowest BCUT2D eigenvalue weighted by Gasteiger charge is -2.41. The molecule has 5 atom stereocenters. The molecule has 45 heavy (non-hydrogen) atoms. The van der Waals surface area contributed by atoms with E-state index in [4.69, 9.17) is 18.9 Å². The Kier molecular flexibility index (Phi) is 12.4. The van der Waals surface area contributed by atoms with Gasteiger partial charge in [0.15, 0.2) is 32.1 Å². The summed E-state index contributed by atoms with van der Waals surface area (Å²) in [6, 6.07) is 7.77. The Morgan fingerprint density at radius 1 is 1.09 bits per heavy atom. The van der Waals surface area contributed by atoms with Crippen molar-refractivity contribution in [2.45, 2.75) is 43.7 Å². The highest BCUT2D eigenvalue weighted by atomic mass is 32.2. The van der Waals surface area contributed by atoms with E-state index >= 15 is 0 Å². The third kappa shape index (κ3) is 9.97. The van der Waals surface area contributed by atoms with E-state index in [0.717, 1.165) is 16.9 Å². The van der Waals surface area contributed by atoms with Gasteiger partial charge in [-0.3, -0.25) is 4.90 Å². The van der Waals surface area contributed by atoms with Crippen molar-refractivity contribution in [1.29, 1.82) is 0 Å². The smallest absolute Gasteiger partial charge is 0.335 e. The highest BCUT2D eigenvalue weighted by Crippen LogP contribution is 2.26. The molecular formula is C27H41N5O11S2. The third-order valence-electron chi connectivity index (χ3n) is 7.72. The van der Waals surface area contributed by atoms with Gasteiger partial charge in [0.1, 0.15) is 18.3 Å². The molecule has 2 aliphatic heterocycles. The van der Waals surface area contributed by atoms with Gasteiger partial charge in [-0.15, -0.1) is 5.10 Å². The number of rotatable bonds is 16. The molecule has 16 nitrogen and oxygen atoms in total. The summed E-state index contributed by atoms with van der Waals surface area (Å²) in [5.74, 6) is -1.43. The average Bonchev–Trinajstić information content (AvgIpc) is 3.47. The van der Waals surface area contributed by atoms with Gasteiger partial charge in [0.2, 0.25) is 0 Å². The first kappa shape index (κ1) is 35.3. The van der Waals surface area contributed by atoms with Crippen molar-refractivity contribution in [2.75, 3.05) is 70.0 Å². The molecule has 1 aromatic heterocycles. The number of methoxy groups -OCH3 is 2. The summed E-state index contributed by atoms with van der Waals surface area (Å²) < 4.78 is 71.1. The number of benzene rings is 1. The van der Waals surface area contributed by atoms with Crippen LogP contribution in [0.15, 0.2) is 30.5 Å². The Balaban J connectivity index is 1.15. The van der Waals surface area contributed by atoms with Crippen LogP contribution in [0.1, 0.15) is 11.3 Å². The molecular weight excluding hydrogens is 634 g/mol. The molecule has 18 heteroatoms. The summed E-state index contributed by atoms with van der Waals surface area (Å²) >= 11 is 0. The van der Waals surface area contributed by atoms with E-state index in [2.05, 4.69) is 20.5 Å². The summed E-state index contributed by atoms with van der Waals surface area (Å²) in [6.45, 7) is 2.08. The molecule has 5 unspecified atom stereocenters. The van der Waals surface area contributed by atoms with Gasteiger partial charge < -0.3 is 34.5 Å². The first-order chi connectivity index (χ1) is 21.4. The molecule has 1 aromatic carbocycles. The van der Waals surface area contributed by atoms with Crippen molar-refractivity contribution in [2.24, 2.45) is 0 Å². The Hall–Kier alpha value is -2.55. The number of carbonyl (C=O) groups is 1. The molecule has 3 heterocycles. The number of ether oxygens (including phenoxy) is 4. The molecule has 252 valence electrons. The van der Waals surface area contributed by atoms with Gasteiger partial charge in [0.05, 0.1) is 47.2 Å². The van der Waals surface area contributed by atoms with Crippen LogP contribution in [0.2, 0.25) is 0 Å². The Morgan fingerprint density at radius 3 is 2.44 bits per heavy atom. The molecule has 0 radical (unpaired) electrons. The van der Waals surface area contributed by atoms with E-state index < -0.39 is 56.3 Å². The number of sulfone groups is 2. The van der Waals surface area contributed by atoms with Crippen molar-refractivity contribution in [1.82, 2.24) is 25.2 Å². The molecule has 2 fully saturated rings.